The van der Waals surface area contributed by atoms with Crippen molar-refractivity contribution in [2.75, 3.05) is 40.8 Å². The highest BCUT2D eigenvalue weighted by Gasteiger charge is 2.56. The topological polar surface area (TPSA) is 251 Å². The van der Waals surface area contributed by atoms with E-state index in [9.17, 15) is 38.6 Å². The first kappa shape index (κ1) is 39.3. The number of carbonyl (C=O) groups is 3. The van der Waals surface area contributed by atoms with Crippen molar-refractivity contribution < 1.29 is 76.4 Å². The molecule has 0 saturated carbocycles. The van der Waals surface area contributed by atoms with E-state index in [0.29, 0.717) is 39.0 Å². The Morgan fingerprint density at radius 3 is 2.38 bits per heavy atom. The SMILES string of the molecule is COc1cc([C@@H]2c3cc4c(cc3[C@@H](O[C@@H]3O[C@@H]5CO[C@@H](C)O[C@H]5[C@H](O)[C@H]3O)[C@H]3COC(=O)[C@H]23)OCO4)cc(OC)c1OC(=O)CNC(=O)Cn1cc(F)c(=O)[nH]c1=O. The van der Waals surface area contributed by atoms with E-state index in [1.807, 2.05) is 0 Å². The standard InChI is InChI=1S/C37H38FN3O17/c1-14-51-12-24-33(55-14)29(44)30(45)36(56-24)58-31-17-7-21-20(53-13-54-21)6-16(17)27(28-18(31)11-52-35(28)47)15-4-22(49-2)32(23(5-15)50-3)57-26(43)8-39-25(42)10-41-9-19(38)34(46)40-37(41)48/h4-7,9,14,18,24,27-31,33,36,44-45H,8,10-13H2,1-3H3,(H,39,42)(H,40,46,48)/t14-,18+,24-,27-,28+,29-,30-,31-,33-,36+/m1/s1. The van der Waals surface area contributed by atoms with Crippen LogP contribution in [0.15, 0.2) is 40.1 Å². The predicted octanol–water partition coefficient (Wildman–Crippen LogP) is -0.656. The Hall–Kier alpha value is -5.58. The summed E-state index contributed by atoms with van der Waals surface area (Å²) in [6.07, 6.45) is -6.86. The highest BCUT2D eigenvalue weighted by atomic mass is 19.1. The highest BCUT2D eigenvalue weighted by molar-refractivity contribution is 5.84. The summed E-state index contributed by atoms with van der Waals surface area (Å²) < 4.78 is 72.0. The van der Waals surface area contributed by atoms with Crippen LogP contribution in [0, 0.1) is 17.7 Å². The van der Waals surface area contributed by atoms with Crippen molar-refractivity contribution >= 4 is 17.8 Å². The number of nitrogens with one attached hydrogen (secondary N) is 2. The molecule has 58 heavy (non-hydrogen) atoms. The number of aromatic amines is 1. The number of amides is 1. The number of aromatic nitrogens is 2. The van der Waals surface area contributed by atoms with Crippen molar-refractivity contribution in [3.8, 4) is 28.7 Å². The first-order valence-corrected chi connectivity index (χ1v) is 18.1. The van der Waals surface area contributed by atoms with Crippen LogP contribution in [0.5, 0.6) is 28.7 Å². The van der Waals surface area contributed by atoms with Gasteiger partial charge in [-0.3, -0.25) is 23.9 Å². The van der Waals surface area contributed by atoms with Gasteiger partial charge in [-0.05, 0) is 47.9 Å². The van der Waals surface area contributed by atoms with Crippen molar-refractivity contribution in [1.82, 2.24) is 14.9 Å². The monoisotopic (exact) mass is 815 g/mol. The zero-order valence-electron chi connectivity index (χ0n) is 31.0. The van der Waals surface area contributed by atoms with Crippen LogP contribution in [-0.2, 0) is 44.6 Å². The lowest BCUT2D eigenvalue weighted by Gasteiger charge is -2.47. The molecule has 10 atom stereocenters. The number of nitrogens with zero attached hydrogens (tertiary/aromatic N) is 1. The third-order valence-electron chi connectivity index (χ3n) is 10.7. The molecule has 20 nitrogen and oxygen atoms in total. The molecular formula is C37H38FN3O17. The van der Waals surface area contributed by atoms with Crippen molar-refractivity contribution in [1.29, 1.82) is 0 Å². The number of hydrogen-bond donors (Lipinski definition) is 4. The van der Waals surface area contributed by atoms with Gasteiger partial charge >= 0.3 is 17.6 Å². The molecule has 0 bridgehead atoms. The van der Waals surface area contributed by atoms with Gasteiger partial charge in [-0.25, -0.2) is 9.59 Å². The summed E-state index contributed by atoms with van der Waals surface area (Å²) in [6.45, 7) is 0.221. The Labute approximate surface area is 326 Å². The van der Waals surface area contributed by atoms with E-state index in [-0.39, 0.29) is 37.3 Å². The Bertz CT molecular complexity index is 2220. The van der Waals surface area contributed by atoms with Gasteiger partial charge in [-0.2, -0.15) is 4.39 Å². The minimum atomic E-state index is -1.53. The van der Waals surface area contributed by atoms with E-state index in [2.05, 4.69) is 5.32 Å². The number of halogens is 1. The van der Waals surface area contributed by atoms with Gasteiger partial charge in [-0.15, -0.1) is 0 Å². The fraction of sp³-hybridized carbons (Fsp3) is 0.486. The number of benzene rings is 2. The van der Waals surface area contributed by atoms with E-state index in [1.54, 1.807) is 36.2 Å². The van der Waals surface area contributed by atoms with Crippen molar-refractivity contribution in [3.05, 3.63) is 73.8 Å². The largest absolute Gasteiger partial charge is 0.493 e. The van der Waals surface area contributed by atoms with Crippen LogP contribution >= 0.6 is 0 Å². The predicted molar refractivity (Wildman–Crippen MR) is 187 cm³/mol. The van der Waals surface area contributed by atoms with E-state index < -0.39 is 109 Å². The first-order valence-electron chi connectivity index (χ1n) is 18.1. The van der Waals surface area contributed by atoms with E-state index in [1.165, 1.54) is 14.2 Å². The number of fused-ring (bicyclic) bond motifs is 4. The maximum Gasteiger partial charge on any atom is 0.331 e. The third-order valence-corrected chi connectivity index (χ3v) is 10.7. The zero-order chi connectivity index (χ0) is 41.0. The second kappa shape index (κ2) is 15.6. The van der Waals surface area contributed by atoms with E-state index in [0.717, 1.165) is 0 Å². The fourth-order valence-electron chi connectivity index (χ4n) is 7.95. The number of esters is 2. The second-order valence-corrected chi connectivity index (χ2v) is 14.1. The minimum absolute atomic E-state index is 0.0152. The van der Waals surface area contributed by atoms with Crippen LogP contribution < -0.4 is 40.3 Å². The third kappa shape index (κ3) is 7.13. The van der Waals surface area contributed by atoms with Gasteiger partial charge < -0.3 is 62.9 Å². The number of cyclic esters (lactones) is 1. The number of aliphatic hydroxyl groups is 2. The average Bonchev–Trinajstić information content (AvgIpc) is 3.83. The van der Waals surface area contributed by atoms with Crippen LogP contribution in [0.1, 0.15) is 35.6 Å². The zero-order valence-corrected chi connectivity index (χ0v) is 31.0. The quantitative estimate of drug-likeness (QED) is 0.147. The van der Waals surface area contributed by atoms with Gasteiger partial charge in [0, 0.05) is 11.8 Å². The maximum absolute atomic E-state index is 13.7. The number of rotatable bonds is 10. The molecule has 0 spiro atoms. The lowest BCUT2D eigenvalue weighted by atomic mass is 9.66. The van der Waals surface area contributed by atoms with Gasteiger partial charge in [-0.1, -0.05) is 0 Å². The van der Waals surface area contributed by atoms with Gasteiger partial charge in [0.1, 0.15) is 37.5 Å². The molecule has 4 aliphatic heterocycles. The fourth-order valence-corrected chi connectivity index (χ4v) is 7.95. The summed E-state index contributed by atoms with van der Waals surface area (Å²) in [7, 11) is 2.64. The number of H-pyrrole nitrogens is 1. The smallest absolute Gasteiger partial charge is 0.331 e. The molecule has 4 N–H and O–H groups in total. The highest BCUT2D eigenvalue weighted by Crippen LogP contribution is 2.57. The molecule has 1 aromatic heterocycles. The van der Waals surface area contributed by atoms with Crippen LogP contribution in [0.25, 0.3) is 0 Å². The van der Waals surface area contributed by atoms with E-state index >= 15 is 0 Å². The Morgan fingerprint density at radius 2 is 1.67 bits per heavy atom. The summed E-state index contributed by atoms with van der Waals surface area (Å²) in [6, 6.07) is 6.55. The molecule has 0 unspecified atom stereocenters. The van der Waals surface area contributed by atoms with Gasteiger partial charge in [0.2, 0.25) is 24.3 Å². The maximum atomic E-state index is 13.7. The molecular weight excluding hydrogens is 777 g/mol. The summed E-state index contributed by atoms with van der Waals surface area (Å²) in [5.41, 5.74) is -0.673. The molecule has 5 heterocycles. The van der Waals surface area contributed by atoms with Crippen LogP contribution in [0.4, 0.5) is 4.39 Å². The lowest BCUT2D eigenvalue weighted by molar-refractivity contribution is -0.364. The lowest BCUT2D eigenvalue weighted by Crippen LogP contribution is -2.63. The number of hydrogen-bond acceptors (Lipinski definition) is 17. The van der Waals surface area contributed by atoms with Crippen molar-refractivity contribution in [3.63, 3.8) is 0 Å². The van der Waals surface area contributed by atoms with Crippen LogP contribution in [0.3, 0.4) is 0 Å². The van der Waals surface area contributed by atoms with Crippen LogP contribution in [-0.4, -0.2) is 115 Å². The van der Waals surface area contributed by atoms with Gasteiger partial charge in [0.25, 0.3) is 5.56 Å². The summed E-state index contributed by atoms with van der Waals surface area (Å²) in [5.74, 6) is -5.30. The molecule has 5 aliphatic rings. The number of aliphatic hydroxyl groups excluding tert-OH is 2. The molecule has 310 valence electrons. The normalized spacial score (nSPS) is 29.4. The molecule has 1 amide bonds. The number of ether oxygens (including phenoxy) is 10. The summed E-state index contributed by atoms with van der Waals surface area (Å²) >= 11 is 0. The number of carbonyl (C=O) groups excluding carboxylic acids is 3. The Balaban J connectivity index is 1.08. The molecule has 2 aromatic carbocycles. The second-order valence-electron chi connectivity index (χ2n) is 14.1. The molecule has 3 saturated heterocycles. The number of methoxy groups -OCH3 is 2. The average molecular weight is 816 g/mol. The molecule has 1 aliphatic carbocycles. The van der Waals surface area contributed by atoms with E-state index in [4.69, 9.17) is 47.4 Å². The summed E-state index contributed by atoms with van der Waals surface area (Å²) in [4.78, 5) is 64.1. The first-order chi connectivity index (χ1) is 27.8. The van der Waals surface area contributed by atoms with Crippen molar-refractivity contribution in [2.24, 2.45) is 11.8 Å². The molecule has 3 aromatic rings. The molecule has 8 rings (SSSR count). The summed E-state index contributed by atoms with van der Waals surface area (Å²) in [5, 5.41) is 24.5. The van der Waals surface area contributed by atoms with Crippen molar-refractivity contribution in [2.45, 2.75) is 62.5 Å². The Kier molecular flexibility index (Phi) is 10.6. The Morgan fingerprint density at radius 1 is 0.966 bits per heavy atom. The van der Waals surface area contributed by atoms with Crippen LogP contribution in [0.2, 0.25) is 0 Å². The van der Waals surface area contributed by atoms with Gasteiger partial charge in [0.05, 0.1) is 45.7 Å². The molecule has 3 fully saturated rings. The molecule has 0 radical (unpaired) electrons. The minimum Gasteiger partial charge on any atom is -0.493 e. The molecule has 21 heteroatoms. The van der Waals surface area contributed by atoms with Gasteiger partial charge in [0.15, 0.2) is 35.6 Å².